The molecule has 0 radical (unpaired) electrons. The lowest BCUT2D eigenvalue weighted by atomic mass is 9.90. The van der Waals surface area contributed by atoms with Gasteiger partial charge >= 0.3 is 5.97 Å². The molecule has 0 atom stereocenters. The van der Waals surface area contributed by atoms with Crippen LogP contribution in [0.4, 0.5) is 0 Å². The van der Waals surface area contributed by atoms with Gasteiger partial charge in [-0.15, -0.1) is 0 Å². The monoisotopic (exact) mass is 325 g/mol. The third kappa shape index (κ3) is 4.55. The van der Waals surface area contributed by atoms with Crippen LogP contribution in [0.15, 0.2) is 29.2 Å². The molecule has 1 N–H and O–H groups in total. The number of hydrogen-bond acceptors (Lipinski definition) is 4. The Kier molecular flexibility index (Phi) is 5.97. The maximum absolute atomic E-state index is 12.3. The predicted molar refractivity (Wildman–Crippen MR) is 84.2 cm³/mol. The van der Waals surface area contributed by atoms with Crippen molar-refractivity contribution in [3.05, 3.63) is 29.8 Å². The van der Waals surface area contributed by atoms with Crippen LogP contribution in [0.2, 0.25) is 0 Å². The SMILES string of the molecule is CCOC(=O)c1ccc(S(=O)(=O)NCC2CCCCC2)cc1. The Bertz CT molecular complexity index is 589. The van der Waals surface area contributed by atoms with Crippen molar-refractivity contribution in [3.63, 3.8) is 0 Å². The van der Waals surface area contributed by atoms with E-state index in [4.69, 9.17) is 4.74 Å². The number of benzene rings is 1. The number of carbonyl (C=O) groups is 1. The maximum Gasteiger partial charge on any atom is 0.338 e. The molecule has 0 spiro atoms. The molecule has 6 heteroatoms. The number of ether oxygens (including phenoxy) is 1. The van der Waals surface area contributed by atoms with Gasteiger partial charge in [0.15, 0.2) is 0 Å². The quantitative estimate of drug-likeness (QED) is 0.816. The van der Waals surface area contributed by atoms with Gasteiger partial charge in [-0.25, -0.2) is 17.9 Å². The van der Waals surface area contributed by atoms with Crippen LogP contribution in [0.25, 0.3) is 0 Å². The molecule has 22 heavy (non-hydrogen) atoms. The van der Waals surface area contributed by atoms with Crippen molar-refractivity contribution in [2.24, 2.45) is 5.92 Å². The van der Waals surface area contributed by atoms with E-state index in [0.29, 0.717) is 24.6 Å². The molecule has 1 aliphatic carbocycles. The van der Waals surface area contributed by atoms with Gasteiger partial charge in [0, 0.05) is 6.54 Å². The van der Waals surface area contributed by atoms with E-state index in [2.05, 4.69) is 4.72 Å². The zero-order chi connectivity index (χ0) is 16.0. The van der Waals surface area contributed by atoms with Crippen molar-refractivity contribution in [3.8, 4) is 0 Å². The predicted octanol–water partition coefficient (Wildman–Crippen LogP) is 2.72. The van der Waals surface area contributed by atoms with Gasteiger partial charge in [0.25, 0.3) is 0 Å². The lowest BCUT2D eigenvalue weighted by Gasteiger charge is -2.21. The van der Waals surface area contributed by atoms with Crippen LogP contribution in [0, 0.1) is 5.92 Å². The van der Waals surface area contributed by atoms with Crippen LogP contribution in [0.3, 0.4) is 0 Å². The molecule has 1 aliphatic rings. The number of nitrogens with one attached hydrogen (secondary N) is 1. The molecule has 5 nitrogen and oxygen atoms in total. The van der Waals surface area contributed by atoms with Crippen molar-refractivity contribution in [2.75, 3.05) is 13.2 Å². The standard InChI is InChI=1S/C16H23NO4S/c1-2-21-16(18)14-8-10-15(11-9-14)22(19,20)17-12-13-6-4-3-5-7-13/h8-11,13,17H,2-7,12H2,1H3. The van der Waals surface area contributed by atoms with E-state index in [-0.39, 0.29) is 4.90 Å². The van der Waals surface area contributed by atoms with E-state index in [9.17, 15) is 13.2 Å². The van der Waals surface area contributed by atoms with E-state index in [1.165, 1.54) is 43.5 Å². The highest BCUT2D eigenvalue weighted by Gasteiger charge is 2.19. The van der Waals surface area contributed by atoms with E-state index in [1.54, 1.807) is 6.92 Å². The normalized spacial score (nSPS) is 16.4. The first-order valence-electron chi connectivity index (χ1n) is 7.80. The van der Waals surface area contributed by atoms with Gasteiger partial charge in [-0.2, -0.15) is 0 Å². The summed E-state index contributed by atoms with van der Waals surface area (Å²) in [5.41, 5.74) is 0.355. The highest BCUT2D eigenvalue weighted by molar-refractivity contribution is 7.89. The van der Waals surface area contributed by atoms with Crippen molar-refractivity contribution in [1.82, 2.24) is 4.72 Å². The van der Waals surface area contributed by atoms with Gasteiger partial charge < -0.3 is 4.74 Å². The van der Waals surface area contributed by atoms with Crippen molar-refractivity contribution < 1.29 is 17.9 Å². The summed E-state index contributed by atoms with van der Waals surface area (Å²) in [6.45, 7) is 2.51. The molecule has 0 aromatic heterocycles. The number of sulfonamides is 1. The van der Waals surface area contributed by atoms with Gasteiger partial charge in [-0.1, -0.05) is 19.3 Å². The highest BCUT2D eigenvalue weighted by atomic mass is 32.2. The van der Waals surface area contributed by atoms with E-state index < -0.39 is 16.0 Å². The lowest BCUT2D eigenvalue weighted by molar-refractivity contribution is 0.0526. The largest absolute Gasteiger partial charge is 0.462 e. The second-order valence-corrected chi connectivity index (χ2v) is 7.37. The Morgan fingerprint density at radius 1 is 1.18 bits per heavy atom. The Balaban J connectivity index is 1.98. The van der Waals surface area contributed by atoms with Gasteiger partial charge in [0.05, 0.1) is 17.1 Å². The Morgan fingerprint density at radius 3 is 2.41 bits per heavy atom. The molecule has 122 valence electrons. The number of hydrogen-bond donors (Lipinski definition) is 1. The van der Waals surface area contributed by atoms with Crippen LogP contribution in [-0.4, -0.2) is 27.5 Å². The third-order valence-corrected chi connectivity index (χ3v) is 5.40. The summed E-state index contributed by atoms with van der Waals surface area (Å²) >= 11 is 0. The fourth-order valence-corrected chi connectivity index (χ4v) is 3.80. The minimum Gasteiger partial charge on any atom is -0.462 e. The van der Waals surface area contributed by atoms with Gasteiger partial charge in [0.1, 0.15) is 0 Å². The summed E-state index contributed by atoms with van der Waals surface area (Å²) in [6.07, 6.45) is 5.79. The summed E-state index contributed by atoms with van der Waals surface area (Å²) in [7, 11) is -3.52. The first-order valence-corrected chi connectivity index (χ1v) is 9.28. The molecule has 0 aliphatic heterocycles. The number of carbonyl (C=O) groups excluding carboxylic acids is 1. The van der Waals surface area contributed by atoms with Crippen LogP contribution in [0.5, 0.6) is 0 Å². The smallest absolute Gasteiger partial charge is 0.338 e. The molecular weight excluding hydrogens is 302 g/mol. The molecule has 0 heterocycles. The Morgan fingerprint density at radius 2 is 1.82 bits per heavy atom. The van der Waals surface area contributed by atoms with E-state index in [1.807, 2.05) is 0 Å². The lowest BCUT2D eigenvalue weighted by Crippen LogP contribution is -2.30. The van der Waals surface area contributed by atoms with Crippen LogP contribution < -0.4 is 4.72 Å². The number of rotatable bonds is 6. The average Bonchev–Trinajstić information content (AvgIpc) is 2.54. The molecule has 0 saturated heterocycles. The van der Waals surface area contributed by atoms with Crippen LogP contribution in [0.1, 0.15) is 49.4 Å². The summed E-state index contributed by atoms with van der Waals surface area (Å²) in [4.78, 5) is 11.7. The van der Waals surface area contributed by atoms with E-state index >= 15 is 0 Å². The van der Waals surface area contributed by atoms with Crippen molar-refractivity contribution >= 4 is 16.0 Å². The highest BCUT2D eigenvalue weighted by Crippen LogP contribution is 2.23. The molecule has 1 saturated carbocycles. The topological polar surface area (TPSA) is 72.5 Å². The van der Waals surface area contributed by atoms with E-state index in [0.717, 1.165) is 12.8 Å². The second kappa shape index (κ2) is 7.74. The Hall–Kier alpha value is -1.40. The second-order valence-electron chi connectivity index (χ2n) is 5.60. The molecule has 1 fully saturated rings. The number of esters is 1. The fourth-order valence-electron chi connectivity index (χ4n) is 2.69. The van der Waals surface area contributed by atoms with Crippen LogP contribution >= 0.6 is 0 Å². The molecule has 1 aromatic rings. The summed E-state index contributed by atoms with van der Waals surface area (Å²) in [5, 5.41) is 0. The molecule has 1 aromatic carbocycles. The zero-order valence-electron chi connectivity index (χ0n) is 12.9. The molecule has 0 bridgehead atoms. The summed E-state index contributed by atoms with van der Waals surface area (Å²) in [5.74, 6) is -0.0102. The Labute approximate surface area is 132 Å². The van der Waals surface area contributed by atoms with Gasteiger partial charge in [-0.3, -0.25) is 0 Å². The summed E-state index contributed by atoms with van der Waals surface area (Å²) in [6, 6.07) is 5.84. The first-order chi connectivity index (χ1) is 10.5. The third-order valence-electron chi connectivity index (χ3n) is 3.96. The minimum atomic E-state index is -3.52. The fraction of sp³-hybridized carbons (Fsp3) is 0.562. The molecule has 2 rings (SSSR count). The van der Waals surface area contributed by atoms with Crippen LogP contribution in [-0.2, 0) is 14.8 Å². The minimum absolute atomic E-state index is 0.177. The zero-order valence-corrected chi connectivity index (χ0v) is 13.7. The van der Waals surface area contributed by atoms with Gasteiger partial charge in [0.2, 0.25) is 10.0 Å². The maximum atomic E-state index is 12.3. The van der Waals surface area contributed by atoms with Gasteiger partial charge in [-0.05, 0) is 49.9 Å². The van der Waals surface area contributed by atoms with Crippen molar-refractivity contribution in [1.29, 1.82) is 0 Å². The summed E-state index contributed by atoms with van der Waals surface area (Å²) < 4.78 is 32.1. The first kappa shape index (κ1) is 17.0. The molecule has 0 amide bonds. The van der Waals surface area contributed by atoms with Crippen molar-refractivity contribution in [2.45, 2.75) is 43.9 Å². The molecule has 0 unspecified atom stereocenters. The molecular formula is C16H23NO4S. The average molecular weight is 325 g/mol.